The van der Waals surface area contributed by atoms with Crippen LogP contribution in [0.2, 0.25) is 0 Å². The Balaban J connectivity index is 3.77. The van der Waals surface area contributed by atoms with E-state index in [1.54, 1.807) is 0 Å². The standard InChI is InChI=1S/C11H22O/c1-5-6-7-8-11(12)10(4)9(2)3/h7-12H,5-6H2,1-4H3/b8-7+. The summed E-state index contributed by atoms with van der Waals surface area (Å²) < 4.78 is 0. The van der Waals surface area contributed by atoms with Crippen LogP contribution >= 0.6 is 0 Å². The molecule has 0 radical (unpaired) electrons. The van der Waals surface area contributed by atoms with E-state index in [4.69, 9.17) is 0 Å². The molecule has 72 valence electrons. The van der Waals surface area contributed by atoms with E-state index in [9.17, 15) is 5.11 Å². The Labute approximate surface area is 76.5 Å². The molecule has 12 heavy (non-hydrogen) atoms. The number of allylic oxidation sites excluding steroid dienone is 1. The van der Waals surface area contributed by atoms with Crippen LogP contribution in [0.25, 0.3) is 0 Å². The van der Waals surface area contributed by atoms with Gasteiger partial charge in [0.2, 0.25) is 0 Å². The Kier molecular flexibility index (Phi) is 6.09. The van der Waals surface area contributed by atoms with Crippen molar-refractivity contribution in [2.75, 3.05) is 0 Å². The molecule has 0 spiro atoms. The largest absolute Gasteiger partial charge is 0.389 e. The average molecular weight is 170 g/mol. The van der Waals surface area contributed by atoms with E-state index in [2.05, 4.69) is 33.8 Å². The zero-order valence-electron chi connectivity index (χ0n) is 8.75. The predicted molar refractivity (Wildman–Crippen MR) is 54.1 cm³/mol. The van der Waals surface area contributed by atoms with Crippen molar-refractivity contribution in [2.45, 2.75) is 46.6 Å². The van der Waals surface area contributed by atoms with Crippen molar-refractivity contribution in [3.05, 3.63) is 12.2 Å². The van der Waals surface area contributed by atoms with E-state index in [0.29, 0.717) is 11.8 Å². The van der Waals surface area contributed by atoms with Gasteiger partial charge < -0.3 is 5.11 Å². The number of hydrogen-bond donors (Lipinski definition) is 1. The highest BCUT2D eigenvalue weighted by molar-refractivity contribution is 4.91. The Morgan fingerprint density at radius 1 is 1.25 bits per heavy atom. The van der Waals surface area contributed by atoms with E-state index in [1.807, 2.05) is 6.08 Å². The Bertz CT molecular complexity index is 127. The quantitative estimate of drug-likeness (QED) is 0.629. The summed E-state index contributed by atoms with van der Waals surface area (Å²) in [6.07, 6.45) is 5.95. The Hall–Kier alpha value is -0.300. The fourth-order valence-electron chi connectivity index (χ4n) is 0.972. The molecule has 0 rings (SSSR count). The van der Waals surface area contributed by atoms with Crippen LogP contribution in [0.3, 0.4) is 0 Å². The summed E-state index contributed by atoms with van der Waals surface area (Å²) in [6, 6.07) is 0. The second kappa shape index (κ2) is 6.24. The molecule has 2 atom stereocenters. The van der Waals surface area contributed by atoms with E-state index in [1.165, 1.54) is 0 Å². The first kappa shape index (κ1) is 11.7. The van der Waals surface area contributed by atoms with Gasteiger partial charge in [0.1, 0.15) is 0 Å². The number of hydrogen-bond acceptors (Lipinski definition) is 1. The van der Waals surface area contributed by atoms with Gasteiger partial charge in [-0.15, -0.1) is 0 Å². The summed E-state index contributed by atoms with van der Waals surface area (Å²) in [7, 11) is 0. The molecular weight excluding hydrogens is 148 g/mol. The van der Waals surface area contributed by atoms with Gasteiger partial charge in [-0.1, -0.05) is 46.3 Å². The van der Waals surface area contributed by atoms with Crippen molar-refractivity contribution < 1.29 is 5.11 Å². The molecule has 0 bridgehead atoms. The lowest BCUT2D eigenvalue weighted by Crippen LogP contribution is -2.19. The van der Waals surface area contributed by atoms with Gasteiger partial charge in [0, 0.05) is 0 Å². The maximum atomic E-state index is 9.63. The lowest BCUT2D eigenvalue weighted by atomic mass is 9.92. The molecule has 0 aromatic rings. The molecule has 0 amide bonds. The number of aliphatic hydroxyl groups excluding tert-OH is 1. The van der Waals surface area contributed by atoms with Gasteiger partial charge in [0.25, 0.3) is 0 Å². The second-order valence-corrected chi connectivity index (χ2v) is 3.81. The van der Waals surface area contributed by atoms with Crippen LogP contribution in [0.15, 0.2) is 12.2 Å². The van der Waals surface area contributed by atoms with Crippen LogP contribution in [0.1, 0.15) is 40.5 Å². The monoisotopic (exact) mass is 170 g/mol. The average Bonchev–Trinajstić information content (AvgIpc) is 2.03. The maximum Gasteiger partial charge on any atom is 0.0748 e. The van der Waals surface area contributed by atoms with Crippen molar-refractivity contribution in [1.82, 2.24) is 0 Å². The van der Waals surface area contributed by atoms with Gasteiger partial charge in [-0.2, -0.15) is 0 Å². The number of unbranched alkanes of at least 4 members (excludes halogenated alkanes) is 1. The molecule has 1 nitrogen and oxygen atoms in total. The second-order valence-electron chi connectivity index (χ2n) is 3.81. The molecule has 1 heteroatoms. The molecule has 0 aromatic carbocycles. The molecule has 0 aliphatic rings. The third-order valence-electron chi connectivity index (χ3n) is 2.38. The SMILES string of the molecule is CCC/C=C/C(O)C(C)C(C)C. The van der Waals surface area contributed by atoms with Crippen molar-refractivity contribution >= 4 is 0 Å². The zero-order chi connectivity index (χ0) is 9.56. The molecule has 0 saturated carbocycles. The predicted octanol–water partition coefficient (Wildman–Crippen LogP) is 3.00. The fourth-order valence-corrected chi connectivity index (χ4v) is 0.972. The molecule has 0 heterocycles. The van der Waals surface area contributed by atoms with Crippen LogP contribution in [0.4, 0.5) is 0 Å². The third kappa shape index (κ3) is 4.55. The van der Waals surface area contributed by atoms with E-state index in [0.717, 1.165) is 12.8 Å². The van der Waals surface area contributed by atoms with Crippen molar-refractivity contribution in [3.63, 3.8) is 0 Å². The highest BCUT2D eigenvalue weighted by atomic mass is 16.3. The number of aliphatic hydroxyl groups is 1. The first-order valence-electron chi connectivity index (χ1n) is 4.94. The molecule has 2 unspecified atom stereocenters. The maximum absolute atomic E-state index is 9.63. The summed E-state index contributed by atoms with van der Waals surface area (Å²) in [4.78, 5) is 0. The summed E-state index contributed by atoms with van der Waals surface area (Å²) in [6.45, 7) is 8.51. The summed E-state index contributed by atoms with van der Waals surface area (Å²) >= 11 is 0. The lowest BCUT2D eigenvalue weighted by Gasteiger charge is -2.19. The molecule has 0 fully saturated rings. The molecular formula is C11H22O. The highest BCUT2D eigenvalue weighted by Gasteiger charge is 2.13. The van der Waals surface area contributed by atoms with Crippen LogP contribution < -0.4 is 0 Å². The van der Waals surface area contributed by atoms with E-state index >= 15 is 0 Å². The van der Waals surface area contributed by atoms with Crippen molar-refractivity contribution in [1.29, 1.82) is 0 Å². The van der Waals surface area contributed by atoms with Gasteiger partial charge in [0.15, 0.2) is 0 Å². The minimum absolute atomic E-state index is 0.267. The van der Waals surface area contributed by atoms with Crippen molar-refractivity contribution in [2.24, 2.45) is 11.8 Å². The summed E-state index contributed by atoms with van der Waals surface area (Å²) in [5.41, 5.74) is 0. The van der Waals surface area contributed by atoms with E-state index < -0.39 is 0 Å². The van der Waals surface area contributed by atoms with Crippen LogP contribution in [0, 0.1) is 11.8 Å². The lowest BCUT2D eigenvalue weighted by molar-refractivity contribution is 0.134. The molecule has 0 aliphatic heterocycles. The summed E-state index contributed by atoms with van der Waals surface area (Å²) in [5.74, 6) is 0.907. The summed E-state index contributed by atoms with van der Waals surface area (Å²) in [5, 5.41) is 9.63. The first-order valence-corrected chi connectivity index (χ1v) is 4.94. The van der Waals surface area contributed by atoms with Gasteiger partial charge in [-0.05, 0) is 18.3 Å². The topological polar surface area (TPSA) is 20.2 Å². The van der Waals surface area contributed by atoms with Gasteiger partial charge in [-0.25, -0.2) is 0 Å². The van der Waals surface area contributed by atoms with Gasteiger partial charge in [0.05, 0.1) is 6.10 Å². The van der Waals surface area contributed by atoms with Crippen LogP contribution in [0.5, 0.6) is 0 Å². The van der Waals surface area contributed by atoms with Crippen molar-refractivity contribution in [3.8, 4) is 0 Å². The van der Waals surface area contributed by atoms with Crippen LogP contribution in [-0.4, -0.2) is 11.2 Å². The third-order valence-corrected chi connectivity index (χ3v) is 2.38. The zero-order valence-corrected chi connectivity index (χ0v) is 8.75. The molecule has 1 N–H and O–H groups in total. The minimum atomic E-state index is -0.267. The Morgan fingerprint density at radius 3 is 2.25 bits per heavy atom. The fraction of sp³-hybridized carbons (Fsp3) is 0.818. The Morgan fingerprint density at radius 2 is 1.83 bits per heavy atom. The minimum Gasteiger partial charge on any atom is -0.389 e. The molecule has 0 saturated heterocycles. The normalized spacial score (nSPS) is 17.2. The smallest absolute Gasteiger partial charge is 0.0748 e. The van der Waals surface area contributed by atoms with Gasteiger partial charge in [-0.3, -0.25) is 0 Å². The van der Waals surface area contributed by atoms with Gasteiger partial charge >= 0.3 is 0 Å². The molecule has 0 aliphatic carbocycles. The van der Waals surface area contributed by atoms with Crippen LogP contribution in [-0.2, 0) is 0 Å². The molecule has 0 aromatic heterocycles. The first-order chi connectivity index (χ1) is 5.59. The highest BCUT2D eigenvalue weighted by Crippen LogP contribution is 2.15. The van der Waals surface area contributed by atoms with E-state index in [-0.39, 0.29) is 6.10 Å². The number of rotatable bonds is 5.